The number of hydrogen-bond acceptors (Lipinski definition) is 4. The Morgan fingerprint density at radius 1 is 1.24 bits per heavy atom. The maximum Gasteiger partial charge on any atom is 0.407 e. The summed E-state index contributed by atoms with van der Waals surface area (Å²) in [4.78, 5) is 22.9. The van der Waals surface area contributed by atoms with E-state index < -0.39 is 11.7 Å². The van der Waals surface area contributed by atoms with Crippen LogP contribution in [0.5, 0.6) is 0 Å². The van der Waals surface area contributed by atoms with Crippen molar-refractivity contribution in [2.45, 2.75) is 45.6 Å². The van der Waals surface area contributed by atoms with Crippen molar-refractivity contribution < 1.29 is 18.7 Å². The van der Waals surface area contributed by atoms with Gasteiger partial charge in [-0.2, -0.15) is 0 Å². The van der Waals surface area contributed by atoms with E-state index in [1.807, 2.05) is 12.1 Å². The zero-order valence-electron chi connectivity index (χ0n) is 12.9. The second kappa shape index (κ2) is 8.34. The van der Waals surface area contributed by atoms with Crippen molar-refractivity contribution in [2.75, 3.05) is 13.1 Å². The lowest BCUT2D eigenvalue weighted by molar-refractivity contribution is -0.121. The van der Waals surface area contributed by atoms with Gasteiger partial charge < -0.3 is 19.8 Å². The van der Waals surface area contributed by atoms with E-state index in [0.717, 1.165) is 5.76 Å². The number of nitrogens with one attached hydrogen (secondary N) is 2. The molecular weight excluding hydrogens is 272 g/mol. The van der Waals surface area contributed by atoms with Gasteiger partial charge in [-0.25, -0.2) is 4.79 Å². The molecule has 1 rings (SSSR count). The van der Waals surface area contributed by atoms with Crippen LogP contribution in [-0.2, 0) is 16.0 Å². The molecule has 2 N–H and O–H groups in total. The highest BCUT2D eigenvalue weighted by atomic mass is 16.6. The molecule has 0 aliphatic rings. The molecular formula is C15H24N2O4. The van der Waals surface area contributed by atoms with E-state index in [1.165, 1.54) is 0 Å². The molecule has 6 nitrogen and oxygen atoms in total. The number of rotatable bonds is 7. The van der Waals surface area contributed by atoms with E-state index in [1.54, 1.807) is 27.0 Å². The number of amides is 2. The Bertz CT molecular complexity index is 435. The smallest absolute Gasteiger partial charge is 0.407 e. The maximum absolute atomic E-state index is 11.6. The lowest BCUT2D eigenvalue weighted by atomic mass is 10.2. The number of ether oxygens (including phenoxy) is 1. The number of carbonyl (C=O) groups excluding carboxylic acids is 2. The normalized spacial score (nSPS) is 11.0. The van der Waals surface area contributed by atoms with Crippen LogP contribution >= 0.6 is 0 Å². The number of hydrogen-bond donors (Lipinski definition) is 2. The third-order valence-electron chi connectivity index (χ3n) is 2.52. The van der Waals surface area contributed by atoms with E-state index in [-0.39, 0.29) is 5.91 Å². The summed E-state index contributed by atoms with van der Waals surface area (Å²) < 4.78 is 10.3. The Hall–Kier alpha value is -1.98. The van der Waals surface area contributed by atoms with Gasteiger partial charge in [-0.1, -0.05) is 0 Å². The molecule has 1 heterocycles. The molecule has 0 aliphatic heterocycles. The van der Waals surface area contributed by atoms with Gasteiger partial charge in [0.15, 0.2) is 0 Å². The number of furan rings is 1. The van der Waals surface area contributed by atoms with Gasteiger partial charge in [0.2, 0.25) is 5.91 Å². The summed E-state index contributed by atoms with van der Waals surface area (Å²) in [6, 6.07) is 3.69. The molecule has 0 aromatic carbocycles. The predicted octanol–water partition coefficient (Wildman–Crippen LogP) is 2.24. The van der Waals surface area contributed by atoms with Gasteiger partial charge in [-0.15, -0.1) is 0 Å². The van der Waals surface area contributed by atoms with E-state index >= 15 is 0 Å². The minimum absolute atomic E-state index is 0.0347. The molecule has 2 amide bonds. The minimum atomic E-state index is -0.507. The first-order valence-electron chi connectivity index (χ1n) is 7.13. The number of alkyl carbamates (subject to hydrolysis) is 1. The first-order chi connectivity index (χ1) is 9.87. The van der Waals surface area contributed by atoms with E-state index in [4.69, 9.17) is 9.15 Å². The molecule has 118 valence electrons. The van der Waals surface area contributed by atoms with E-state index in [2.05, 4.69) is 10.6 Å². The highest BCUT2D eigenvalue weighted by Gasteiger charge is 2.15. The van der Waals surface area contributed by atoms with Crippen LogP contribution in [0.2, 0.25) is 0 Å². The Labute approximate surface area is 125 Å². The fourth-order valence-corrected chi connectivity index (χ4v) is 1.62. The lowest BCUT2D eigenvalue weighted by Crippen LogP contribution is -2.33. The largest absolute Gasteiger partial charge is 0.469 e. The second-order valence-electron chi connectivity index (χ2n) is 5.71. The van der Waals surface area contributed by atoms with E-state index in [9.17, 15) is 9.59 Å². The average molecular weight is 296 g/mol. The molecule has 0 radical (unpaired) electrons. The maximum atomic E-state index is 11.6. The van der Waals surface area contributed by atoms with Crippen molar-refractivity contribution in [3.8, 4) is 0 Å². The first-order valence-corrected chi connectivity index (χ1v) is 7.13. The van der Waals surface area contributed by atoms with Crippen molar-refractivity contribution >= 4 is 12.0 Å². The Morgan fingerprint density at radius 3 is 2.62 bits per heavy atom. The van der Waals surface area contributed by atoms with Crippen molar-refractivity contribution in [1.29, 1.82) is 0 Å². The molecule has 0 spiro atoms. The molecule has 1 aromatic rings. The van der Waals surface area contributed by atoms with Crippen molar-refractivity contribution in [3.63, 3.8) is 0 Å². The molecule has 0 atom stereocenters. The molecule has 0 aliphatic carbocycles. The second-order valence-corrected chi connectivity index (χ2v) is 5.71. The third kappa shape index (κ3) is 8.73. The zero-order valence-corrected chi connectivity index (χ0v) is 12.9. The van der Waals surface area contributed by atoms with Gasteiger partial charge >= 0.3 is 6.09 Å². The van der Waals surface area contributed by atoms with Crippen molar-refractivity contribution in [2.24, 2.45) is 0 Å². The standard InChI is InChI=1S/C15H24N2O4/c1-15(2,3)21-14(19)17-9-4-7-13(18)16-10-8-12-6-5-11-20-12/h5-6,11H,4,7-10H2,1-3H3,(H,16,18)(H,17,19). The van der Waals surface area contributed by atoms with Crippen LogP contribution in [-0.4, -0.2) is 30.7 Å². The third-order valence-corrected chi connectivity index (χ3v) is 2.52. The van der Waals surface area contributed by atoms with E-state index in [0.29, 0.717) is 32.4 Å². The molecule has 21 heavy (non-hydrogen) atoms. The van der Waals surface area contributed by atoms with Crippen LogP contribution in [0.25, 0.3) is 0 Å². The van der Waals surface area contributed by atoms with Crippen LogP contribution < -0.4 is 10.6 Å². The highest BCUT2D eigenvalue weighted by molar-refractivity contribution is 5.75. The van der Waals surface area contributed by atoms with Gasteiger partial charge in [0, 0.05) is 25.9 Å². The SMILES string of the molecule is CC(C)(C)OC(=O)NCCCC(=O)NCCc1ccco1. The van der Waals surface area contributed by atoms with Crippen molar-refractivity contribution in [1.82, 2.24) is 10.6 Å². The summed E-state index contributed by atoms with van der Waals surface area (Å²) in [6.07, 6.45) is 2.77. The van der Waals surface area contributed by atoms with Gasteiger partial charge in [0.1, 0.15) is 11.4 Å². The average Bonchev–Trinajstić information content (AvgIpc) is 2.85. The van der Waals surface area contributed by atoms with Crippen LogP contribution in [0.4, 0.5) is 4.79 Å². The number of carbonyl (C=O) groups is 2. The minimum Gasteiger partial charge on any atom is -0.469 e. The summed E-state index contributed by atoms with van der Waals surface area (Å²) in [7, 11) is 0. The topological polar surface area (TPSA) is 80.6 Å². The fraction of sp³-hybridized carbons (Fsp3) is 0.600. The summed E-state index contributed by atoms with van der Waals surface area (Å²) >= 11 is 0. The molecule has 1 aromatic heterocycles. The predicted molar refractivity (Wildman–Crippen MR) is 78.9 cm³/mol. The summed E-state index contributed by atoms with van der Waals surface area (Å²) in [5, 5.41) is 5.42. The van der Waals surface area contributed by atoms with Crippen LogP contribution in [0.1, 0.15) is 39.4 Å². The molecule has 0 saturated heterocycles. The van der Waals surface area contributed by atoms with Gasteiger partial charge in [0.25, 0.3) is 0 Å². The van der Waals surface area contributed by atoms with Crippen molar-refractivity contribution in [3.05, 3.63) is 24.2 Å². The van der Waals surface area contributed by atoms with Gasteiger partial charge in [-0.05, 0) is 39.3 Å². The molecule has 0 saturated carbocycles. The summed E-state index contributed by atoms with van der Waals surface area (Å²) in [5.41, 5.74) is -0.507. The molecule has 0 fully saturated rings. The van der Waals surface area contributed by atoms with Crippen LogP contribution in [0.15, 0.2) is 22.8 Å². The quantitative estimate of drug-likeness (QED) is 0.756. The molecule has 0 unspecified atom stereocenters. The summed E-state index contributed by atoms with van der Waals surface area (Å²) in [5.74, 6) is 0.814. The Balaban J connectivity index is 2.02. The molecule has 0 bridgehead atoms. The van der Waals surface area contributed by atoms with Crippen LogP contribution in [0, 0.1) is 0 Å². The zero-order chi connectivity index (χ0) is 15.7. The lowest BCUT2D eigenvalue weighted by Gasteiger charge is -2.19. The van der Waals surface area contributed by atoms with Crippen LogP contribution in [0.3, 0.4) is 0 Å². The van der Waals surface area contributed by atoms with Gasteiger partial charge in [-0.3, -0.25) is 4.79 Å². The highest BCUT2D eigenvalue weighted by Crippen LogP contribution is 2.06. The van der Waals surface area contributed by atoms with Gasteiger partial charge in [0.05, 0.1) is 6.26 Å². The first kappa shape index (κ1) is 17.1. The Morgan fingerprint density at radius 2 is 2.00 bits per heavy atom. The fourth-order valence-electron chi connectivity index (χ4n) is 1.62. The Kier molecular flexibility index (Phi) is 6.78. The monoisotopic (exact) mass is 296 g/mol. The summed E-state index contributed by atoms with van der Waals surface area (Å²) in [6.45, 7) is 6.38. The molecule has 6 heteroatoms.